The Kier molecular flexibility index (Phi) is 5.64. The first-order chi connectivity index (χ1) is 15.6. The zero-order valence-corrected chi connectivity index (χ0v) is 18.2. The maximum atomic E-state index is 12.8. The molecule has 2 atom stereocenters. The molecular formula is C25H28N4O3. The Labute approximate surface area is 186 Å². The molecule has 5 rings (SSSR count). The Morgan fingerprint density at radius 3 is 2.75 bits per heavy atom. The van der Waals surface area contributed by atoms with E-state index >= 15 is 0 Å². The minimum Gasteiger partial charge on any atom is -0.342 e. The second-order valence-electron chi connectivity index (χ2n) is 9.07. The summed E-state index contributed by atoms with van der Waals surface area (Å²) in [5.74, 6) is 0.821. The lowest BCUT2D eigenvalue weighted by molar-refractivity contribution is -0.134. The Morgan fingerprint density at radius 2 is 1.84 bits per heavy atom. The number of aromatic nitrogens is 3. The molecule has 0 N–H and O–H groups in total. The molecule has 0 saturated carbocycles. The first kappa shape index (κ1) is 20.7. The molecule has 0 radical (unpaired) electrons. The van der Waals surface area contributed by atoms with Gasteiger partial charge in [-0.05, 0) is 43.4 Å². The third-order valence-corrected chi connectivity index (χ3v) is 6.85. The maximum absolute atomic E-state index is 12.8. The number of benzene rings is 1. The molecule has 7 heteroatoms. The van der Waals surface area contributed by atoms with Crippen molar-refractivity contribution in [1.82, 2.24) is 19.0 Å². The number of amides is 1. The number of nitrogens with zero attached hydrogens (tertiary/aromatic N) is 4. The van der Waals surface area contributed by atoms with E-state index in [2.05, 4.69) is 4.98 Å². The van der Waals surface area contributed by atoms with Crippen molar-refractivity contribution in [2.45, 2.75) is 51.1 Å². The number of para-hydroxylation sites is 1. The average molecular weight is 433 g/mol. The van der Waals surface area contributed by atoms with Gasteiger partial charge in [0.2, 0.25) is 5.91 Å². The zero-order chi connectivity index (χ0) is 22.1. The van der Waals surface area contributed by atoms with Crippen LogP contribution >= 0.6 is 0 Å². The van der Waals surface area contributed by atoms with Gasteiger partial charge in [0.15, 0.2) is 0 Å². The molecule has 2 aliphatic rings. The molecule has 3 aromatic rings. The number of fused-ring (bicyclic) bond motifs is 5. The van der Waals surface area contributed by atoms with Gasteiger partial charge in [-0.15, -0.1) is 0 Å². The summed E-state index contributed by atoms with van der Waals surface area (Å²) in [5, 5.41) is 0.643. The third kappa shape index (κ3) is 3.99. The standard InChI is InChI=1S/C25H28N4O3/c30-23(28-14-18-13-19(16-28)22-9-6-11-24(31)29(22)15-18)10-2-1-5-12-27-17-26-21-8-4-3-7-20(21)25(27)32/h3-4,6-9,11,17-19H,1-2,5,10,12-16H2/t18-,19+/m0/s1. The van der Waals surface area contributed by atoms with Crippen LogP contribution < -0.4 is 11.1 Å². The first-order valence-electron chi connectivity index (χ1n) is 11.5. The SMILES string of the molecule is O=C(CCCCCn1cnc2ccccc2c1=O)N1C[C@@H]2C[C@H](C1)c1cccc(=O)n1C2. The van der Waals surface area contributed by atoms with E-state index in [4.69, 9.17) is 0 Å². The van der Waals surface area contributed by atoms with E-state index < -0.39 is 0 Å². The van der Waals surface area contributed by atoms with Crippen LogP contribution in [0, 0.1) is 5.92 Å². The summed E-state index contributed by atoms with van der Waals surface area (Å²) in [5.41, 5.74) is 1.85. The van der Waals surface area contributed by atoms with Crippen LogP contribution in [-0.4, -0.2) is 38.0 Å². The number of carbonyl (C=O) groups excluding carboxylic acids is 1. The van der Waals surface area contributed by atoms with Crippen LogP contribution in [0.25, 0.3) is 10.9 Å². The predicted octanol–water partition coefficient (Wildman–Crippen LogP) is 2.76. The highest BCUT2D eigenvalue weighted by molar-refractivity contribution is 5.77. The minimum atomic E-state index is -0.00841. The third-order valence-electron chi connectivity index (χ3n) is 6.85. The molecule has 2 aliphatic heterocycles. The summed E-state index contributed by atoms with van der Waals surface area (Å²) in [6.07, 6.45) is 5.76. The Bertz CT molecular complexity index is 1260. The number of hydrogen-bond donors (Lipinski definition) is 0. The zero-order valence-electron chi connectivity index (χ0n) is 18.2. The molecule has 166 valence electrons. The van der Waals surface area contributed by atoms with E-state index in [-0.39, 0.29) is 22.9 Å². The summed E-state index contributed by atoms with van der Waals surface area (Å²) in [6.45, 7) is 2.78. The van der Waals surface area contributed by atoms with Crippen molar-refractivity contribution in [3.8, 4) is 0 Å². The van der Waals surface area contributed by atoms with Gasteiger partial charge >= 0.3 is 0 Å². The van der Waals surface area contributed by atoms with Gasteiger partial charge in [-0.3, -0.25) is 19.0 Å². The summed E-state index contributed by atoms with van der Waals surface area (Å²) >= 11 is 0. The molecule has 2 bridgehead atoms. The van der Waals surface area contributed by atoms with Gasteiger partial charge in [-0.2, -0.15) is 0 Å². The summed E-state index contributed by atoms with van der Waals surface area (Å²) in [7, 11) is 0. The topological polar surface area (TPSA) is 77.2 Å². The van der Waals surface area contributed by atoms with Crippen molar-refractivity contribution in [1.29, 1.82) is 0 Å². The molecular weight excluding hydrogens is 404 g/mol. The number of aryl methyl sites for hydroxylation is 1. The number of unbranched alkanes of at least 4 members (excludes halogenated alkanes) is 2. The summed E-state index contributed by atoms with van der Waals surface area (Å²) in [4.78, 5) is 43.9. The number of rotatable bonds is 6. The monoisotopic (exact) mass is 432 g/mol. The van der Waals surface area contributed by atoms with Gasteiger partial charge in [-0.25, -0.2) is 4.98 Å². The molecule has 1 fully saturated rings. The second kappa shape index (κ2) is 8.73. The number of hydrogen-bond acceptors (Lipinski definition) is 4. The Hall–Kier alpha value is -3.22. The van der Waals surface area contributed by atoms with Crippen molar-refractivity contribution in [3.05, 3.63) is 75.2 Å². The molecule has 32 heavy (non-hydrogen) atoms. The van der Waals surface area contributed by atoms with E-state index in [1.165, 1.54) is 0 Å². The molecule has 0 spiro atoms. The number of likely N-dealkylation sites (tertiary alicyclic amines) is 1. The minimum absolute atomic E-state index is 0.00841. The number of pyridine rings is 1. The van der Waals surface area contributed by atoms with Gasteiger partial charge in [0, 0.05) is 50.3 Å². The molecule has 0 aliphatic carbocycles. The second-order valence-corrected chi connectivity index (χ2v) is 9.07. The van der Waals surface area contributed by atoms with Gasteiger partial charge < -0.3 is 9.47 Å². The van der Waals surface area contributed by atoms with Crippen molar-refractivity contribution in [2.75, 3.05) is 13.1 Å². The quantitative estimate of drug-likeness (QED) is 0.561. The highest BCUT2D eigenvalue weighted by Crippen LogP contribution is 2.35. The van der Waals surface area contributed by atoms with Crippen molar-refractivity contribution in [2.24, 2.45) is 5.92 Å². The lowest BCUT2D eigenvalue weighted by Gasteiger charge is -2.42. The highest BCUT2D eigenvalue weighted by Gasteiger charge is 2.35. The number of piperidine rings is 1. The molecule has 1 amide bonds. The van der Waals surface area contributed by atoms with E-state index in [1.54, 1.807) is 17.0 Å². The van der Waals surface area contributed by atoms with Crippen LogP contribution in [-0.2, 0) is 17.9 Å². The first-order valence-corrected chi connectivity index (χ1v) is 11.5. The average Bonchev–Trinajstić information content (AvgIpc) is 2.81. The maximum Gasteiger partial charge on any atom is 0.261 e. The van der Waals surface area contributed by atoms with Crippen LogP contribution in [0.1, 0.15) is 43.7 Å². The van der Waals surface area contributed by atoms with Crippen molar-refractivity contribution < 1.29 is 4.79 Å². The summed E-state index contributed by atoms with van der Waals surface area (Å²) < 4.78 is 3.56. The van der Waals surface area contributed by atoms with E-state index in [1.807, 2.05) is 45.9 Å². The van der Waals surface area contributed by atoms with Gasteiger partial charge in [0.25, 0.3) is 11.1 Å². The van der Waals surface area contributed by atoms with Crippen molar-refractivity contribution >= 4 is 16.8 Å². The smallest absolute Gasteiger partial charge is 0.261 e. The van der Waals surface area contributed by atoms with Crippen LogP contribution in [0.15, 0.2) is 58.4 Å². The van der Waals surface area contributed by atoms with Gasteiger partial charge in [0.05, 0.1) is 17.2 Å². The van der Waals surface area contributed by atoms with Crippen LogP contribution in [0.5, 0.6) is 0 Å². The molecule has 7 nitrogen and oxygen atoms in total. The van der Waals surface area contributed by atoms with E-state index in [9.17, 15) is 14.4 Å². The molecule has 1 saturated heterocycles. The van der Waals surface area contributed by atoms with E-state index in [0.717, 1.165) is 43.4 Å². The highest BCUT2D eigenvalue weighted by atomic mass is 16.2. The fourth-order valence-electron chi connectivity index (χ4n) is 5.26. The molecule has 2 aromatic heterocycles. The summed E-state index contributed by atoms with van der Waals surface area (Å²) in [6, 6.07) is 12.9. The van der Waals surface area contributed by atoms with Gasteiger partial charge in [-0.1, -0.05) is 24.6 Å². The van der Waals surface area contributed by atoms with Crippen LogP contribution in [0.3, 0.4) is 0 Å². The van der Waals surface area contributed by atoms with Crippen molar-refractivity contribution in [3.63, 3.8) is 0 Å². The fourth-order valence-corrected chi connectivity index (χ4v) is 5.26. The normalized spacial score (nSPS) is 19.7. The van der Waals surface area contributed by atoms with Crippen LogP contribution in [0.4, 0.5) is 0 Å². The predicted molar refractivity (Wildman–Crippen MR) is 123 cm³/mol. The fraction of sp³-hybridized carbons (Fsp3) is 0.440. The Morgan fingerprint density at radius 1 is 0.969 bits per heavy atom. The molecule has 0 unspecified atom stereocenters. The largest absolute Gasteiger partial charge is 0.342 e. The lowest BCUT2D eigenvalue weighted by atomic mass is 9.83. The Balaban J connectivity index is 1.12. The molecule has 4 heterocycles. The van der Waals surface area contributed by atoms with Gasteiger partial charge in [0.1, 0.15) is 0 Å². The number of carbonyl (C=O) groups is 1. The molecule has 1 aromatic carbocycles. The van der Waals surface area contributed by atoms with Crippen LogP contribution in [0.2, 0.25) is 0 Å². The lowest BCUT2D eigenvalue weighted by Crippen LogP contribution is -2.49. The van der Waals surface area contributed by atoms with E-state index in [0.29, 0.717) is 37.4 Å².